The van der Waals surface area contributed by atoms with E-state index < -0.39 is 7.92 Å². The van der Waals surface area contributed by atoms with Crippen molar-refractivity contribution in [2.45, 2.75) is 39.5 Å². The molecule has 4 aromatic rings. The molecule has 0 saturated heterocycles. The fourth-order valence-corrected chi connectivity index (χ4v) is 7.76. The Morgan fingerprint density at radius 1 is 0.667 bits per heavy atom. The summed E-state index contributed by atoms with van der Waals surface area (Å²) in [4.78, 5) is 15.4. The van der Waals surface area contributed by atoms with Gasteiger partial charge in [-0.25, -0.2) is 0 Å². The molecule has 8 rings (SSSR count). The van der Waals surface area contributed by atoms with Gasteiger partial charge in [0.1, 0.15) is 0 Å². The van der Waals surface area contributed by atoms with Crippen LogP contribution < -0.4 is 15.9 Å². The van der Waals surface area contributed by atoms with Crippen LogP contribution in [-0.2, 0) is 25.7 Å². The highest BCUT2D eigenvalue weighted by atomic mass is 31.1. The SMILES string of the molecule is CCN(CC)C(=O)c1cc2ccc1CCc1ccc(cc1P(c1ccccc1)c1ccccc1)CC2. The van der Waals surface area contributed by atoms with Crippen molar-refractivity contribution in [1.29, 1.82) is 0 Å². The van der Waals surface area contributed by atoms with E-state index in [0.29, 0.717) is 0 Å². The van der Waals surface area contributed by atoms with Crippen LogP contribution in [0.25, 0.3) is 0 Å². The van der Waals surface area contributed by atoms with Crippen molar-refractivity contribution in [2.75, 3.05) is 13.1 Å². The third kappa shape index (κ3) is 5.15. The number of benzene rings is 4. The van der Waals surface area contributed by atoms with E-state index in [1.807, 2.05) is 4.90 Å². The fraction of sp³-hybridized carbons (Fsp3) is 0.242. The summed E-state index contributed by atoms with van der Waals surface area (Å²) in [6, 6.07) is 35.6. The van der Waals surface area contributed by atoms with E-state index in [4.69, 9.17) is 0 Å². The average molecular weight is 492 g/mol. The summed E-state index contributed by atoms with van der Waals surface area (Å²) in [6.07, 6.45) is 3.69. The number of hydrogen-bond donors (Lipinski definition) is 0. The Morgan fingerprint density at radius 3 is 1.78 bits per heavy atom. The molecule has 2 nitrogen and oxygen atoms in total. The predicted molar refractivity (Wildman–Crippen MR) is 154 cm³/mol. The second kappa shape index (κ2) is 11.2. The van der Waals surface area contributed by atoms with Gasteiger partial charge in [-0.2, -0.15) is 0 Å². The zero-order valence-corrected chi connectivity index (χ0v) is 22.2. The van der Waals surface area contributed by atoms with Crippen molar-refractivity contribution in [3.63, 3.8) is 0 Å². The second-order valence-electron chi connectivity index (χ2n) is 9.44. The minimum atomic E-state index is -0.667. The van der Waals surface area contributed by atoms with Gasteiger partial charge in [0.25, 0.3) is 5.91 Å². The molecule has 0 fully saturated rings. The van der Waals surface area contributed by atoms with Gasteiger partial charge in [0.2, 0.25) is 0 Å². The Kier molecular flexibility index (Phi) is 7.63. The van der Waals surface area contributed by atoms with Crippen molar-refractivity contribution in [1.82, 2.24) is 4.90 Å². The summed E-state index contributed by atoms with van der Waals surface area (Å²) >= 11 is 0. The highest BCUT2D eigenvalue weighted by Crippen LogP contribution is 2.35. The lowest BCUT2D eigenvalue weighted by molar-refractivity contribution is 0.0771. The molecule has 4 aromatic carbocycles. The standard InChI is InChI=1S/C33H34NOP/c1-3-34(4-2)33(35)31-23-25-15-16-26-18-20-28(22-21-27(31)19-17-25)32(24-26)36(29-11-7-5-8-12-29)30-13-9-6-10-14-30/h5-14,17-20,23-24H,3-4,15-16,21-22H2,1-2H3. The van der Waals surface area contributed by atoms with Crippen LogP contribution in [-0.4, -0.2) is 23.9 Å². The highest BCUT2D eigenvalue weighted by Gasteiger charge is 2.22. The van der Waals surface area contributed by atoms with Crippen LogP contribution in [0.15, 0.2) is 97.1 Å². The predicted octanol–water partition coefficient (Wildman–Crippen LogP) is 5.81. The molecule has 0 aliphatic heterocycles. The van der Waals surface area contributed by atoms with Crippen LogP contribution >= 0.6 is 7.92 Å². The normalized spacial score (nSPS) is 12.9. The third-order valence-electron chi connectivity index (χ3n) is 7.24. The first kappa shape index (κ1) is 24.5. The molecule has 0 saturated carbocycles. The molecular weight excluding hydrogens is 457 g/mol. The van der Waals surface area contributed by atoms with Gasteiger partial charge in [-0.05, 0) is 91.7 Å². The van der Waals surface area contributed by atoms with E-state index in [1.165, 1.54) is 32.6 Å². The molecule has 4 bridgehead atoms. The summed E-state index contributed by atoms with van der Waals surface area (Å²) in [6.45, 7) is 5.60. The van der Waals surface area contributed by atoms with Gasteiger partial charge >= 0.3 is 0 Å². The molecular formula is C33H34NOP. The fourth-order valence-electron chi connectivity index (χ4n) is 5.20. The largest absolute Gasteiger partial charge is 0.339 e. The summed E-state index contributed by atoms with van der Waals surface area (Å²) in [5.74, 6) is 0.166. The third-order valence-corrected chi connectivity index (χ3v) is 9.77. The lowest BCUT2D eigenvalue weighted by atomic mass is 9.92. The van der Waals surface area contributed by atoms with E-state index in [1.54, 1.807) is 0 Å². The van der Waals surface area contributed by atoms with Crippen LogP contribution in [0.4, 0.5) is 0 Å². The average Bonchev–Trinajstić information content (AvgIpc) is 2.92. The van der Waals surface area contributed by atoms with Gasteiger partial charge in [0.15, 0.2) is 0 Å². The Balaban J connectivity index is 1.59. The van der Waals surface area contributed by atoms with Crippen molar-refractivity contribution in [2.24, 2.45) is 0 Å². The van der Waals surface area contributed by atoms with Gasteiger partial charge in [0.05, 0.1) is 0 Å². The molecule has 4 aliphatic rings. The lowest BCUT2D eigenvalue weighted by Crippen LogP contribution is -2.31. The van der Waals surface area contributed by atoms with Crippen molar-refractivity contribution in [3.8, 4) is 0 Å². The Bertz CT molecular complexity index is 1290. The van der Waals surface area contributed by atoms with Gasteiger partial charge in [0, 0.05) is 18.7 Å². The number of carbonyl (C=O) groups is 1. The first-order valence-corrected chi connectivity index (χ1v) is 14.4. The lowest BCUT2D eigenvalue weighted by Gasteiger charge is -2.25. The zero-order valence-electron chi connectivity index (χ0n) is 21.3. The minimum Gasteiger partial charge on any atom is -0.339 e. The van der Waals surface area contributed by atoms with Crippen molar-refractivity contribution >= 4 is 29.7 Å². The monoisotopic (exact) mass is 491 g/mol. The molecule has 4 aliphatic carbocycles. The summed E-state index contributed by atoms with van der Waals surface area (Å²) in [5.41, 5.74) is 6.06. The van der Waals surface area contributed by atoms with Crippen molar-refractivity contribution in [3.05, 3.63) is 125 Å². The first-order chi connectivity index (χ1) is 17.7. The van der Waals surface area contributed by atoms with Crippen LogP contribution in [0.2, 0.25) is 0 Å². The molecule has 0 aromatic heterocycles. The maximum absolute atomic E-state index is 13.4. The number of aryl methyl sites for hydroxylation is 4. The van der Waals surface area contributed by atoms with E-state index in [-0.39, 0.29) is 5.91 Å². The number of nitrogens with zero attached hydrogens (tertiary/aromatic N) is 1. The maximum atomic E-state index is 13.4. The number of hydrogen-bond acceptors (Lipinski definition) is 1. The van der Waals surface area contributed by atoms with Gasteiger partial charge in [-0.3, -0.25) is 4.79 Å². The van der Waals surface area contributed by atoms with E-state index in [9.17, 15) is 4.79 Å². The van der Waals surface area contributed by atoms with Crippen LogP contribution in [0, 0.1) is 0 Å². The van der Waals surface area contributed by atoms with Gasteiger partial charge < -0.3 is 4.90 Å². The topological polar surface area (TPSA) is 20.3 Å². The van der Waals surface area contributed by atoms with E-state index in [0.717, 1.165) is 49.9 Å². The van der Waals surface area contributed by atoms with Crippen LogP contribution in [0.5, 0.6) is 0 Å². The Morgan fingerprint density at radius 2 is 1.19 bits per heavy atom. The molecule has 182 valence electrons. The first-order valence-electron chi connectivity index (χ1n) is 13.1. The molecule has 1 amide bonds. The minimum absolute atomic E-state index is 0.166. The maximum Gasteiger partial charge on any atom is 0.254 e. The Labute approximate surface area is 216 Å². The molecule has 0 atom stereocenters. The van der Waals surface area contributed by atoms with Gasteiger partial charge in [-0.1, -0.05) is 91.0 Å². The molecule has 0 radical (unpaired) electrons. The highest BCUT2D eigenvalue weighted by molar-refractivity contribution is 7.79. The molecule has 0 unspecified atom stereocenters. The van der Waals surface area contributed by atoms with E-state index >= 15 is 0 Å². The second-order valence-corrected chi connectivity index (χ2v) is 11.6. The van der Waals surface area contributed by atoms with Crippen molar-refractivity contribution < 1.29 is 4.79 Å². The summed E-state index contributed by atoms with van der Waals surface area (Å²) < 4.78 is 0. The number of rotatable bonds is 6. The smallest absolute Gasteiger partial charge is 0.254 e. The zero-order chi connectivity index (χ0) is 24.9. The number of carbonyl (C=O) groups excluding carboxylic acids is 1. The molecule has 0 N–H and O–H groups in total. The molecule has 36 heavy (non-hydrogen) atoms. The van der Waals surface area contributed by atoms with Crippen LogP contribution in [0.3, 0.4) is 0 Å². The molecule has 0 spiro atoms. The van der Waals surface area contributed by atoms with E-state index in [2.05, 4.69) is 111 Å². The summed E-state index contributed by atoms with van der Waals surface area (Å²) in [5, 5.41) is 4.21. The van der Waals surface area contributed by atoms with Crippen LogP contribution in [0.1, 0.15) is 46.5 Å². The quantitative estimate of drug-likeness (QED) is 0.312. The number of amides is 1. The van der Waals surface area contributed by atoms with Gasteiger partial charge in [-0.15, -0.1) is 0 Å². The Hall–Kier alpha value is -3.22. The summed E-state index contributed by atoms with van der Waals surface area (Å²) in [7, 11) is -0.667. The molecule has 0 heterocycles. The molecule has 3 heteroatoms.